The van der Waals surface area contributed by atoms with E-state index < -0.39 is 0 Å². The van der Waals surface area contributed by atoms with E-state index in [-0.39, 0.29) is 0 Å². The van der Waals surface area contributed by atoms with E-state index in [4.69, 9.17) is 4.74 Å². The van der Waals surface area contributed by atoms with Gasteiger partial charge in [-0.2, -0.15) is 0 Å². The molecule has 1 aliphatic heterocycles. The standard InChI is InChI=1S/C16H12O.C2H6/c1-12-11-16(13-7-3-2-4-8-13)17-15-10-6-5-9-14(12)15;1-2/h2-11H,1H2;1-2H3. The summed E-state index contributed by atoms with van der Waals surface area (Å²) in [7, 11) is 0. The van der Waals surface area contributed by atoms with Crippen LogP contribution in [-0.4, -0.2) is 0 Å². The summed E-state index contributed by atoms with van der Waals surface area (Å²) >= 11 is 0. The summed E-state index contributed by atoms with van der Waals surface area (Å²) < 4.78 is 5.89. The number of ether oxygens (including phenoxy) is 1. The van der Waals surface area contributed by atoms with E-state index in [0.717, 1.165) is 28.2 Å². The van der Waals surface area contributed by atoms with E-state index in [0.29, 0.717) is 0 Å². The van der Waals surface area contributed by atoms with Gasteiger partial charge in [0.2, 0.25) is 0 Å². The van der Waals surface area contributed by atoms with Crippen molar-refractivity contribution in [2.45, 2.75) is 13.8 Å². The van der Waals surface area contributed by atoms with E-state index in [1.165, 1.54) is 0 Å². The zero-order valence-corrected chi connectivity index (χ0v) is 11.4. The molecule has 0 fully saturated rings. The zero-order valence-electron chi connectivity index (χ0n) is 11.4. The van der Waals surface area contributed by atoms with Crippen molar-refractivity contribution in [1.82, 2.24) is 0 Å². The Hall–Kier alpha value is -2.28. The average molecular weight is 250 g/mol. The van der Waals surface area contributed by atoms with Gasteiger partial charge in [-0.1, -0.05) is 69.0 Å². The Morgan fingerprint density at radius 2 is 1.47 bits per heavy atom. The minimum atomic E-state index is 0.856. The van der Waals surface area contributed by atoms with Crippen LogP contribution in [0.4, 0.5) is 0 Å². The molecule has 96 valence electrons. The Kier molecular flexibility index (Phi) is 4.19. The summed E-state index contributed by atoms with van der Waals surface area (Å²) in [5.41, 5.74) is 3.13. The van der Waals surface area contributed by atoms with Crippen molar-refractivity contribution in [1.29, 1.82) is 0 Å². The third-order valence-electron chi connectivity index (χ3n) is 2.82. The van der Waals surface area contributed by atoms with Gasteiger partial charge in [0.15, 0.2) is 0 Å². The molecule has 3 rings (SSSR count). The maximum absolute atomic E-state index is 5.89. The van der Waals surface area contributed by atoms with Crippen LogP contribution in [0, 0.1) is 0 Å². The van der Waals surface area contributed by atoms with Gasteiger partial charge >= 0.3 is 0 Å². The maximum Gasteiger partial charge on any atom is 0.135 e. The Morgan fingerprint density at radius 3 is 2.21 bits per heavy atom. The minimum Gasteiger partial charge on any atom is -0.456 e. The fourth-order valence-electron chi connectivity index (χ4n) is 1.95. The summed E-state index contributed by atoms with van der Waals surface area (Å²) in [6.45, 7) is 8.07. The van der Waals surface area contributed by atoms with E-state index in [1.807, 2.05) is 74.5 Å². The normalized spacial score (nSPS) is 12.5. The molecule has 0 N–H and O–H groups in total. The van der Waals surface area contributed by atoms with Crippen LogP contribution in [0.3, 0.4) is 0 Å². The van der Waals surface area contributed by atoms with Gasteiger partial charge < -0.3 is 4.74 Å². The van der Waals surface area contributed by atoms with Crippen molar-refractivity contribution < 1.29 is 4.74 Å². The van der Waals surface area contributed by atoms with E-state index in [2.05, 4.69) is 6.58 Å². The van der Waals surface area contributed by atoms with Crippen molar-refractivity contribution in [3.05, 3.63) is 78.4 Å². The summed E-state index contributed by atoms with van der Waals surface area (Å²) in [5, 5.41) is 0. The van der Waals surface area contributed by atoms with E-state index in [9.17, 15) is 0 Å². The van der Waals surface area contributed by atoms with Gasteiger partial charge in [-0.15, -0.1) is 0 Å². The molecule has 2 aromatic carbocycles. The first-order valence-electron chi connectivity index (χ1n) is 6.58. The summed E-state index contributed by atoms with van der Waals surface area (Å²) in [6.07, 6.45) is 1.98. The molecule has 0 aliphatic carbocycles. The number of allylic oxidation sites excluding steroid dienone is 2. The molecule has 0 radical (unpaired) electrons. The van der Waals surface area contributed by atoms with Gasteiger partial charge in [0, 0.05) is 11.1 Å². The van der Waals surface area contributed by atoms with Crippen LogP contribution >= 0.6 is 0 Å². The number of hydrogen-bond donors (Lipinski definition) is 0. The molecule has 1 heteroatoms. The number of fused-ring (bicyclic) bond motifs is 1. The van der Waals surface area contributed by atoms with Crippen LogP contribution in [0.25, 0.3) is 11.3 Å². The monoisotopic (exact) mass is 250 g/mol. The Bertz CT molecular complexity index is 594. The highest BCUT2D eigenvalue weighted by Gasteiger charge is 2.15. The van der Waals surface area contributed by atoms with Gasteiger partial charge in [-0.05, 0) is 17.7 Å². The quantitative estimate of drug-likeness (QED) is 0.679. The highest BCUT2D eigenvalue weighted by molar-refractivity contribution is 5.86. The topological polar surface area (TPSA) is 9.23 Å². The first kappa shape index (κ1) is 13.2. The van der Waals surface area contributed by atoms with Crippen molar-refractivity contribution in [2.75, 3.05) is 0 Å². The van der Waals surface area contributed by atoms with Crippen molar-refractivity contribution in [3.8, 4) is 5.75 Å². The lowest BCUT2D eigenvalue weighted by molar-refractivity contribution is 0.509. The summed E-state index contributed by atoms with van der Waals surface area (Å²) in [5.74, 6) is 1.73. The second-order valence-electron chi connectivity index (χ2n) is 4.00. The molecule has 19 heavy (non-hydrogen) atoms. The van der Waals surface area contributed by atoms with Gasteiger partial charge in [-0.25, -0.2) is 0 Å². The maximum atomic E-state index is 5.89. The largest absolute Gasteiger partial charge is 0.456 e. The van der Waals surface area contributed by atoms with Crippen LogP contribution in [0.1, 0.15) is 25.0 Å². The minimum absolute atomic E-state index is 0.856. The molecule has 0 saturated heterocycles. The highest BCUT2D eigenvalue weighted by atomic mass is 16.5. The molecule has 0 aromatic heterocycles. The molecule has 0 saturated carbocycles. The molecule has 1 heterocycles. The van der Waals surface area contributed by atoms with Crippen LogP contribution < -0.4 is 4.74 Å². The number of hydrogen-bond acceptors (Lipinski definition) is 1. The SMILES string of the molecule is C=C1C=C(c2ccccc2)Oc2ccccc21.CC. The molecule has 0 spiro atoms. The third-order valence-corrected chi connectivity index (χ3v) is 2.82. The van der Waals surface area contributed by atoms with Crippen molar-refractivity contribution >= 4 is 11.3 Å². The molecule has 1 nitrogen and oxygen atoms in total. The van der Waals surface area contributed by atoms with E-state index in [1.54, 1.807) is 0 Å². The molecular formula is C18H18O. The fraction of sp³-hybridized carbons (Fsp3) is 0.111. The van der Waals surface area contributed by atoms with Crippen LogP contribution in [-0.2, 0) is 0 Å². The lowest BCUT2D eigenvalue weighted by atomic mass is 10.0. The Labute approximate surface area is 114 Å². The third kappa shape index (κ3) is 2.76. The van der Waals surface area contributed by atoms with Gasteiger partial charge in [0.05, 0.1) is 0 Å². The first-order chi connectivity index (χ1) is 9.34. The smallest absolute Gasteiger partial charge is 0.135 e. The molecule has 2 aromatic rings. The van der Waals surface area contributed by atoms with Gasteiger partial charge in [0.25, 0.3) is 0 Å². The predicted octanol–water partition coefficient (Wildman–Crippen LogP) is 5.16. The van der Waals surface area contributed by atoms with Gasteiger partial charge in [-0.3, -0.25) is 0 Å². The first-order valence-corrected chi connectivity index (χ1v) is 6.58. The second kappa shape index (κ2) is 6.05. The molecule has 1 aliphatic rings. The molecular weight excluding hydrogens is 232 g/mol. The Balaban J connectivity index is 0.000000637. The highest BCUT2D eigenvalue weighted by Crippen LogP contribution is 2.35. The van der Waals surface area contributed by atoms with Crippen LogP contribution in [0.5, 0.6) is 5.75 Å². The molecule has 0 atom stereocenters. The Morgan fingerprint density at radius 1 is 0.842 bits per heavy atom. The number of rotatable bonds is 1. The molecule has 0 amide bonds. The number of benzene rings is 2. The summed E-state index contributed by atoms with van der Waals surface area (Å²) in [4.78, 5) is 0. The number of para-hydroxylation sites is 1. The molecule has 0 bridgehead atoms. The predicted molar refractivity (Wildman–Crippen MR) is 81.9 cm³/mol. The fourth-order valence-corrected chi connectivity index (χ4v) is 1.95. The van der Waals surface area contributed by atoms with Crippen molar-refractivity contribution in [2.24, 2.45) is 0 Å². The van der Waals surface area contributed by atoms with Crippen LogP contribution in [0.15, 0.2) is 67.3 Å². The molecule has 0 unspecified atom stereocenters. The lowest BCUT2D eigenvalue weighted by Crippen LogP contribution is -2.02. The zero-order chi connectivity index (χ0) is 13.7. The summed E-state index contributed by atoms with van der Waals surface area (Å²) in [6, 6.07) is 18.0. The van der Waals surface area contributed by atoms with Crippen molar-refractivity contribution in [3.63, 3.8) is 0 Å². The van der Waals surface area contributed by atoms with E-state index >= 15 is 0 Å². The van der Waals surface area contributed by atoms with Crippen LogP contribution in [0.2, 0.25) is 0 Å². The second-order valence-corrected chi connectivity index (χ2v) is 4.00. The average Bonchev–Trinajstić information content (AvgIpc) is 2.50. The lowest BCUT2D eigenvalue weighted by Gasteiger charge is -2.19. The van der Waals surface area contributed by atoms with Gasteiger partial charge in [0.1, 0.15) is 11.5 Å².